The Labute approximate surface area is 153 Å². The van der Waals surface area contributed by atoms with Crippen molar-refractivity contribution in [1.82, 2.24) is 0 Å². The average Bonchev–Trinajstić information content (AvgIpc) is 2.65. The summed E-state index contributed by atoms with van der Waals surface area (Å²) in [5, 5.41) is 6.16. The summed E-state index contributed by atoms with van der Waals surface area (Å²) in [4.78, 5) is 12.0. The molecule has 0 aliphatic heterocycles. The standard InChI is InChI=1S/C22H22N2O2/c1-16-3-7-18(8-4-16)23-19-9-11-20(12-10-19)24-22(25)15-26-21-13-5-17(2)6-14-21/h3-14,23H,15H2,1-2H3,(H,24,25). The fourth-order valence-corrected chi connectivity index (χ4v) is 2.42. The first-order valence-corrected chi connectivity index (χ1v) is 8.51. The van der Waals surface area contributed by atoms with Crippen LogP contribution in [0, 0.1) is 13.8 Å². The highest BCUT2D eigenvalue weighted by atomic mass is 16.5. The Kier molecular flexibility index (Phi) is 5.54. The van der Waals surface area contributed by atoms with E-state index in [2.05, 4.69) is 29.7 Å². The summed E-state index contributed by atoms with van der Waals surface area (Å²) in [7, 11) is 0. The third-order valence-electron chi connectivity index (χ3n) is 3.90. The van der Waals surface area contributed by atoms with Gasteiger partial charge in [-0.3, -0.25) is 4.79 Å². The first-order valence-electron chi connectivity index (χ1n) is 8.51. The first-order chi connectivity index (χ1) is 12.6. The molecule has 0 spiro atoms. The van der Waals surface area contributed by atoms with Crippen molar-refractivity contribution in [1.29, 1.82) is 0 Å². The molecule has 132 valence electrons. The maximum Gasteiger partial charge on any atom is 0.262 e. The van der Waals surface area contributed by atoms with Gasteiger partial charge in [-0.2, -0.15) is 0 Å². The van der Waals surface area contributed by atoms with Crippen molar-refractivity contribution >= 4 is 23.0 Å². The van der Waals surface area contributed by atoms with E-state index in [4.69, 9.17) is 4.74 Å². The van der Waals surface area contributed by atoms with E-state index >= 15 is 0 Å². The molecule has 2 N–H and O–H groups in total. The number of amides is 1. The highest BCUT2D eigenvalue weighted by molar-refractivity contribution is 5.92. The van der Waals surface area contributed by atoms with Crippen molar-refractivity contribution in [2.24, 2.45) is 0 Å². The highest BCUT2D eigenvalue weighted by Gasteiger charge is 2.04. The predicted molar refractivity (Wildman–Crippen MR) is 106 cm³/mol. The molecule has 3 rings (SSSR count). The van der Waals surface area contributed by atoms with Crippen LogP contribution in [0.3, 0.4) is 0 Å². The second-order valence-electron chi connectivity index (χ2n) is 6.22. The maximum absolute atomic E-state index is 12.0. The van der Waals surface area contributed by atoms with Crippen LogP contribution in [0.25, 0.3) is 0 Å². The van der Waals surface area contributed by atoms with Crippen molar-refractivity contribution < 1.29 is 9.53 Å². The fourth-order valence-electron chi connectivity index (χ4n) is 2.42. The van der Waals surface area contributed by atoms with Gasteiger partial charge in [0.1, 0.15) is 5.75 Å². The summed E-state index contributed by atoms with van der Waals surface area (Å²) in [6.07, 6.45) is 0. The van der Waals surface area contributed by atoms with Gasteiger partial charge >= 0.3 is 0 Å². The lowest BCUT2D eigenvalue weighted by molar-refractivity contribution is -0.118. The Hall–Kier alpha value is -3.27. The molecule has 0 aliphatic rings. The zero-order valence-electron chi connectivity index (χ0n) is 15.0. The van der Waals surface area contributed by atoms with E-state index in [0.29, 0.717) is 5.75 Å². The quantitative estimate of drug-likeness (QED) is 0.655. The molecule has 0 unspecified atom stereocenters. The monoisotopic (exact) mass is 346 g/mol. The Bertz CT molecular complexity index is 854. The van der Waals surface area contributed by atoms with Crippen LogP contribution in [-0.2, 0) is 4.79 Å². The van der Waals surface area contributed by atoms with Crippen molar-refractivity contribution in [2.45, 2.75) is 13.8 Å². The van der Waals surface area contributed by atoms with Gasteiger partial charge < -0.3 is 15.4 Å². The van der Waals surface area contributed by atoms with E-state index in [0.717, 1.165) is 22.6 Å². The minimum Gasteiger partial charge on any atom is -0.484 e. The van der Waals surface area contributed by atoms with Gasteiger partial charge in [-0.15, -0.1) is 0 Å². The summed E-state index contributed by atoms with van der Waals surface area (Å²) in [6, 6.07) is 23.4. The lowest BCUT2D eigenvalue weighted by Crippen LogP contribution is -2.20. The van der Waals surface area contributed by atoms with E-state index in [-0.39, 0.29) is 12.5 Å². The van der Waals surface area contributed by atoms with Gasteiger partial charge in [-0.1, -0.05) is 35.4 Å². The van der Waals surface area contributed by atoms with E-state index in [9.17, 15) is 4.79 Å². The van der Waals surface area contributed by atoms with Crippen LogP contribution >= 0.6 is 0 Å². The topological polar surface area (TPSA) is 50.4 Å². The Morgan fingerprint density at radius 1 is 0.731 bits per heavy atom. The van der Waals surface area contributed by atoms with E-state index in [1.165, 1.54) is 5.56 Å². The first kappa shape index (κ1) is 17.5. The van der Waals surface area contributed by atoms with E-state index < -0.39 is 0 Å². The smallest absolute Gasteiger partial charge is 0.262 e. The van der Waals surface area contributed by atoms with Gasteiger partial charge in [0.2, 0.25) is 0 Å². The molecule has 0 bridgehead atoms. The number of nitrogens with one attached hydrogen (secondary N) is 2. The van der Waals surface area contributed by atoms with Gasteiger partial charge in [0, 0.05) is 17.1 Å². The molecule has 0 fully saturated rings. The van der Waals surface area contributed by atoms with E-state index in [1.807, 2.05) is 67.6 Å². The molecule has 3 aromatic rings. The second-order valence-corrected chi connectivity index (χ2v) is 6.22. The third-order valence-corrected chi connectivity index (χ3v) is 3.90. The van der Waals surface area contributed by atoms with E-state index in [1.54, 1.807) is 0 Å². The summed E-state index contributed by atoms with van der Waals surface area (Å²) in [5.41, 5.74) is 5.10. The summed E-state index contributed by atoms with van der Waals surface area (Å²) < 4.78 is 5.48. The Morgan fingerprint density at radius 2 is 1.19 bits per heavy atom. The number of hydrogen-bond donors (Lipinski definition) is 2. The molecular weight excluding hydrogens is 324 g/mol. The van der Waals surface area contributed by atoms with Crippen LogP contribution in [0.2, 0.25) is 0 Å². The number of rotatable bonds is 6. The van der Waals surface area contributed by atoms with Gasteiger partial charge in [0.05, 0.1) is 0 Å². The van der Waals surface area contributed by atoms with Gasteiger partial charge in [-0.25, -0.2) is 0 Å². The van der Waals surface area contributed by atoms with Crippen molar-refractivity contribution in [2.75, 3.05) is 17.2 Å². The number of hydrogen-bond acceptors (Lipinski definition) is 3. The Morgan fingerprint density at radius 3 is 1.77 bits per heavy atom. The zero-order chi connectivity index (χ0) is 18.4. The number of carbonyl (C=O) groups excluding carboxylic acids is 1. The number of benzene rings is 3. The van der Waals surface area contributed by atoms with Crippen LogP contribution in [0.5, 0.6) is 5.75 Å². The zero-order valence-corrected chi connectivity index (χ0v) is 15.0. The Balaban J connectivity index is 1.50. The SMILES string of the molecule is Cc1ccc(Nc2ccc(NC(=O)COc3ccc(C)cc3)cc2)cc1. The van der Waals surface area contributed by atoms with Gasteiger partial charge in [0.15, 0.2) is 6.61 Å². The normalized spacial score (nSPS) is 10.2. The minimum atomic E-state index is -0.190. The molecule has 0 heterocycles. The average molecular weight is 346 g/mol. The summed E-state index contributed by atoms with van der Waals surface area (Å²) in [5.74, 6) is 0.494. The molecule has 4 nitrogen and oxygen atoms in total. The van der Waals surface area contributed by atoms with Crippen molar-refractivity contribution in [3.63, 3.8) is 0 Å². The maximum atomic E-state index is 12.0. The van der Waals surface area contributed by atoms with Crippen molar-refractivity contribution in [3.8, 4) is 5.75 Å². The highest BCUT2D eigenvalue weighted by Crippen LogP contribution is 2.19. The van der Waals surface area contributed by atoms with Crippen LogP contribution in [0.15, 0.2) is 72.8 Å². The molecule has 0 aliphatic carbocycles. The molecule has 4 heteroatoms. The van der Waals surface area contributed by atoms with Crippen LogP contribution in [-0.4, -0.2) is 12.5 Å². The number of carbonyl (C=O) groups is 1. The van der Waals surface area contributed by atoms with Gasteiger partial charge in [-0.05, 0) is 62.4 Å². The molecule has 0 radical (unpaired) electrons. The minimum absolute atomic E-state index is 0.0214. The third kappa shape index (κ3) is 5.11. The molecule has 0 saturated heterocycles. The summed E-state index contributed by atoms with van der Waals surface area (Å²) in [6.45, 7) is 4.05. The van der Waals surface area contributed by atoms with Gasteiger partial charge in [0.25, 0.3) is 5.91 Å². The molecule has 1 amide bonds. The van der Waals surface area contributed by atoms with Crippen LogP contribution in [0.1, 0.15) is 11.1 Å². The predicted octanol–water partition coefficient (Wildman–Crippen LogP) is 5.06. The fraction of sp³-hybridized carbons (Fsp3) is 0.136. The van der Waals surface area contributed by atoms with Crippen LogP contribution < -0.4 is 15.4 Å². The van der Waals surface area contributed by atoms with Crippen LogP contribution in [0.4, 0.5) is 17.1 Å². The number of anilines is 3. The summed E-state index contributed by atoms with van der Waals surface area (Å²) >= 11 is 0. The van der Waals surface area contributed by atoms with Crippen molar-refractivity contribution in [3.05, 3.63) is 83.9 Å². The molecule has 26 heavy (non-hydrogen) atoms. The second kappa shape index (κ2) is 8.21. The lowest BCUT2D eigenvalue weighted by Gasteiger charge is -2.10. The molecule has 0 atom stereocenters. The number of aryl methyl sites for hydroxylation is 2. The largest absolute Gasteiger partial charge is 0.484 e. The molecular formula is C22H22N2O2. The number of ether oxygens (including phenoxy) is 1. The molecule has 0 aromatic heterocycles. The molecule has 3 aromatic carbocycles. The molecule has 0 saturated carbocycles. The lowest BCUT2D eigenvalue weighted by atomic mass is 10.2.